The number of carbonyl (C=O) groups excluding carboxylic acids is 1. The molecule has 1 rings (SSSR count). The molecular weight excluding hydrogens is 232 g/mol. The minimum Gasteiger partial charge on any atom is -0.383 e. The summed E-state index contributed by atoms with van der Waals surface area (Å²) in [6, 6.07) is 1.88. The highest BCUT2D eigenvalue weighted by atomic mass is 16.5. The Morgan fingerprint density at radius 3 is 2.78 bits per heavy atom. The number of anilines is 1. The number of nitrogens with one attached hydrogen (secondary N) is 2. The molecule has 1 aromatic heterocycles. The van der Waals surface area contributed by atoms with Gasteiger partial charge < -0.3 is 15.4 Å². The highest BCUT2D eigenvalue weighted by Gasteiger charge is 2.10. The molecule has 0 radical (unpaired) electrons. The fraction of sp³-hybridized carbons (Fsp3) is 0.583. The van der Waals surface area contributed by atoms with Crippen molar-refractivity contribution in [3.8, 4) is 0 Å². The number of rotatable bonds is 6. The number of nitrogens with zero attached hydrogens (tertiary/aromatic N) is 2. The number of methoxy groups -OCH3 is 1. The van der Waals surface area contributed by atoms with Gasteiger partial charge in [-0.2, -0.15) is 0 Å². The molecule has 1 amide bonds. The first-order valence-corrected chi connectivity index (χ1v) is 5.92. The predicted molar refractivity (Wildman–Crippen MR) is 69.7 cm³/mol. The van der Waals surface area contributed by atoms with E-state index in [0.29, 0.717) is 24.8 Å². The van der Waals surface area contributed by atoms with E-state index in [4.69, 9.17) is 4.74 Å². The van der Waals surface area contributed by atoms with E-state index < -0.39 is 0 Å². The molecule has 0 aliphatic carbocycles. The summed E-state index contributed by atoms with van der Waals surface area (Å²) in [7, 11) is 1.59. The van der Waals surface area contributed by atoms with Crippen molar-refractivity contribution < 1.29 is 9.53 Å². The summed E-state index contributed by atoms with van der Waals surface area (Å²) in [5, 5.41) is 5.81. The number of carbonyl (C=O) groups is 1. The molecule has 0 aromatic carbocycles. The first-order valence-electron chi connectivity index (χ1n) is 5.92. The van der Waals surface area contributed by atoms with Crippen LogP contribution in [0.3, 0.4) is 0 Å². The van der Waals surface area contributed by atoms with E-state index in [1.54, 1.807) is 13.2 Å². The standard InChI is InChI=1S/C12H20N4O2/c1-8(2)14-12-15-9(3)7-10(16-12)11(17)13-5-6-18-4/h7-8H,5-6H2,1-4H3,(H,13,17)(H,14,15,16). The Labute approximate surface area is 107 Å². The zero-order valence-corrected chi connectivity index (χ0v) is 11.3. The van der Waals surface area contributed by atoms with Crippen LogP contribution in [0.15, 0.2) is 6.07 Å². The number of ether oxygens (including phenoxy) is 1. The largest absolute Gasteiger partial charge is 0.383 e. The smallest absolute Gasteiger partial charge is 0.270 e. The first-order chi connectivity index (χ1) is 8.52. The zero-order chi connectivity index (χ0) is 13.5. The van der Waals surface area contributed by atoms with Crippen LogP contribution >= 0.6 is 0 Å². The Bertz CT molecular complexity index is 407. The van der Waals surface area contributed by atoms with E-state index >= 15 is 0 Å². The van der Waals surface area contributed by atoms with E-state index in [1.165, 1.54) is 0 Å². The van der Waals surface area contributed by atoms with Crippen molar-refractivity contribution >= 4 is 11.9 Å². The molecule has 0 aliphatic rings. The van der Waals surface area contributed by atoms with Gasteiger partial charge in [0.15, 0.2) is 0 Å². The third-order valence-electron chi connectivity index (χ3n) is 2.10. The van der Waals surface area contributed by atoms with Crippen LogP contribution in [0.25, 0.3) is 0 Å². The summed E-state index contributed by atoms with van der Waals surface area (Å²) >= 11 is 0. The highest BCUT2D eigenvalue weighted by Crippen LogP contribution is 2.06. The lowest BCUT2D eigenvalue weighted by atomic mass is 10.3. The molecule has 0 fully saturated rings. The van der Waals surface area contributed by atoms with Crippen LogP contribution in [0.2, 0.25) is 0 Å². The summed E-state index contributed by atoms with van der Waals surface area (Å²) in [5.74, 6) is 0.256. The van der Waals surface area contributed by atoms with Crippen LogP contribution in [0.1, 0.15) is 30.0 Å². The van der Waals surface area contributed by atoms with Gasteiger partial charge in [0.25, 0.3) is 5.91 Å². The molecule has 0 saturated heterocycles. The van der Waals surface area contributed by atoms with Crippen molar-refractivity contribution in [3.05, 3.63) is 17.5 Å². The van der Waals surface area contributed by atoms with Gasteiger partial charge in [-0.1, -0.05) is 0 Å². The summed E-state index contributed by atoms with van der Waals surface area (Å²) in [6.45, 7) is 6.76. The number of hydrogen-bond donors (Lipinski definition) is 2. The molecule has 0 saturated carbocycles. The van der Waals surface area contributed by atoms with Crippen molar-refractivity contribution in [3.63, 3.8) is 0 Å². The number of aryl methyl sites for hydroxylation is 1. The van der Waals surface area contributed by atoms with Gasteiger partial charge >= 0.3 is 0 Å². The van der Waals surface area contributed by atoms with E-state index in [-0.39, 0.29) is 11.9 Å². The molecule has 0 spiro atoms. The number of aromatic nitrogens is 2. The van der Waals surface area contributed by atoms with Gasteiger partial charge in [0.05, 0.1) is 6.61 Å². The van der Waals surface area contributed by atoms with Gasteiger partial charge in [0.2, 0.25) is 5.95 Å². The maximum atomic E-state index is 11.8. The molecule has 1 aromatic rings. The number of hydrogen-bond acceptors (Lipinski definition) is 5. The molecule has 0 atom stereocenters. The Hall–Kier alpha value is -1.69. The van der Waals surface area contributed by atoms with Crippen LogP contribution in [-0.4, -0.2) is 42.2 Å². The van der Waals surface area contributed by atoms with Crippen molar-refractivity contribution in [1.29, 1.82) is 0 Å². The van der Waals surface area contributed by atoms with Crippen molar-refractivity contribution in [2.45, 2.75) is 26.8 Å². The topological polar surface area (TPSA) is 76.1 Å². The van der Waals surface area contributed by atoms with Gasteiger partial charge in [0.1, 0.15) is 5.69 Å². The van der Waals surface area contributed by atoms with E-state index in [9.17, 15) is 4.79 Å². The van der Waals surface area contributed by atoms with Gasteiger partial charge in [0, 0.05) is 25.4 Å². The van der Waals surface area contributed by atoms with Gasteiger partial charge in [-0.15, -0.1) is 0 Å². The molecule has 1 heterocycles. The maximum Gasteiger partial charge on any atom is 0.270 e. The Kier molecular flexibility index (Phi) is 5.51. The van der Waals surface area contributed by atoms with Gasteiger partial charge in [-0.3, -0.25) is 4.79 Å². The van der Waals surface area contributed by atoms with E-state index in [2.05, 4.69) is 20.6 Å². The van der Waals surface area contributed by atoms with Gasteiger partial charge in [-0.25, -0.2) is 9.97 Å². The normalized spacial score (nSPS) is 10.5. The molecule has 6 nitrogen and oxygen atoms in total. The van der Waals surface area contributed by atoms with Crippen LogP contribution in [0.5, 0.6) is 0 Å². The minimum atomic E-state index is -0.218. The second-order valence-corrected chi connectivity index (χ2v) is 4.27. The predicted octanol–water partition coefficient (Wildman–Crippen LogP) is 0.982. The fourth-order valence-corrected chi connectivity index (χ4v) is 1.36. The summed E-state index contributed by atoms with van der Waals surface area (Å²) in [6.07, 6.45) is 0. The Balaban J connectivity index is 2.75. The first kappa shape index (κ1) is 14.4. The quantitative estimate of drug-likeness (QED) is 0.738. The average Bonchev–Trinajstić information content (AvgIpc) is 2.27. The lowest BCUT2D eigenvalue weighted by molar-refractivity contribution is 0.0932. The van der Waals surface area contributed by atoms with E-state index in [1.807, 2.05) is 20.8 Å². The third kappa shape index (κ3) is 4.67. The van der Waals surface area contributed by atoms with Crippen molar-refractivity contribution in [1.82, 2.24) is 15.3 Å². The molecule has 0 aliphatic heterocycles. The molecule has 0 bridgehead atoms. The van der Waals surface area contributed by atoms with Crippen LogP contribution in [0, 0.1) is 6.92 Å². The second kappa shape index (κ2) is 6.90. The average molecular weight is 252 g/mol. The molecule has 6 heteroatoms. The SMILES string of the molecule is COCCNC(=O)c1cc(C)nc(NC(C)C)n1. The summed E-state index contributed by atoms with van der Waals surface area (Å²) in [5.41, 5.74) is 1.12. The second-order valence-electron chi connectivity index (χ2n) is 4.27. The molecular formula is C12H20N4O2. The lowest BCUT2D eigenvalue weighted by Crippen LogP contribution is -2.28. The molecule has 0 unspecified atom stereocenters. The van der Waals surface area contributed by atoms with Gasteiger partial charge in [-0.05, 0) is 26.8 Å². The van der Waals surface area contributed by atoms with E-state index in [0.717, 1.165) is 5.69 Å². The van der Waals surface area contributed by atoms with Crippen LogP contribution in [0.4, 0.5) is 5.95 Å². The Morgan fingerprint density at radius 1 is 1.44 bits per heavy atom. The van der Waals surface area contributed by atoms with Crippen molar-refractivity contribution in [2.24, 2.45) is 0 Å². The van der Waals surface area contributed by atoms with Crippen LogP contribution in [-0.2, 0) is 4.74 Å². The van der Waals surface area contributed by atoms with Crippen molar-refractivity contribution in [2.75, 3.05) is 25.6 Å². The third-order valence-corrected chi connectivity index (χ3v) is 2.10. The highest BCUT2D eigenvalue weighted by molar-refractivity contribution is 5.92. The molecule has 100 valence electrons. The monoisotopic (exact) mass is 252 g/mol. The molecule has 2 N–H and O–H groups in total. The van der Waals surface area contributed by atoms with Crippen LogP contribution < -0.4 is 10.6 Å². The fourth-order valence-electron chi connectivity index (χ4n) is 1.36. The summed E-state index contributed by atoms with van der Waals surface area (Å²) < 4.78 is 4.87. The minimum absolute atomic E-state index is 0.218. The summed E-state index contributed by atoms with van der Waals surface area (Å²) in [4.78, 5) is 20.2. The molecule has 18 heavy (non-hydrogen) atoms. The maximum absolute atomic E-state index is 11.8. The Morgan fingerprint density at radius 2 is 2.17 bits per heavy atom. The zero-order valence-electron chi connectivity index (χ0n) is 11.3. The lowest BCUT2D eigenvalue weighted by Gasteiger charge is -2.10. The number of amides is 1.